The highest BCUT2D eigenvalue weighted by Gasteiger charge is 2.49. The fourth-order valence-corrected chi connectivity index (χ4v) is 3.67. The zero-order chi connectivity index (χ0) is 16.3. The first-order valence-corrected chi connectivity index (χ1v) is 8.40. The Hall–Kier alpha value is -2.04. The van der Waals surface area contributed by atoms with Crippen LogP contribution in [0, 0.1) is 5.41 Å². The molecule has 2 heterocycles. The predicted molar refractivity (Wildman–Crippen MR) is 86.7 cm³/mol. The third kappa shape index (κ3) is 3.19. The van der Waals surface area contributed by atoms with Crippen LogP contribution in [0.25, 0.3) is 0 Å². The van der Waals surface area contributed by atoms with Crippen LogP contribution in [0.4, 0.5) is 4.79 Å². The van der Waals surface area contributed by atoms with E-state index in [0.29, 0.717) is 13.1 Å². The van der Waals surface area contributed by atoms with Gasteiger partial charge in [0.25, 0.3) is 0 Å². The summed E-state index contributed by atoms with van der Waals surface area (Å²) >= 11 is 0. The first-order valence-electron chi connectivity index (χ1n) is 8.40. The Balaban J connectivity index is 1.58. The maximum atomic E-state index is 12.7. The van der Waals surface area contributed by atoms with Crippen LogP contribution in [-0.2, 0) is 16.1 Å². The lowest BCUT2D eigenvalue weighted by Crippen LogP contribution is -2.50. The van der Waals surface area contributed by atoms with Crippen LogP contribution >= 0.6 is 0 Å². The van der Waals surface area contributed by atoms with Gasteiger partial charge >= 0.3 is 6.09 Å². The average Bonchev–Trinajstić information content (AvgIpc) is 3.01. The van der Waals surface area contributed by atoms with E-state index in [9.17, 15) is 9.59 Å². The summed E-state index contributed by atoms with van der Waals surface area (Å²) in [6.07, 6.45) is 2.34. The molecular weight excluding hydrogens is 292 g/mol. The number of carbonyl (C=O) groups is 2. The van der Waals surface area contributed by atoms with E-state index >= 15 is 0 Å². The molecule has 0 N–H and O–H groups in total. The van der Waals surface area contributed by atoms with E-state index in [1.54, 1.807) is 4.90 Å². The van der Waals surface area contributed by atoms with Gasteiger partial charge in [-0.2, -0.15) is 0 Å². The molecule has 0 aliphatic carbocycles. The topological polar surface area (TPSA) is 49.9 Å². The number of hydrogen-bond acceptors (Lipinski definition) is 3. The van der Waals surface area contributed by atoms with Crippen molar-refractivity contribution in [3.8, 4) is 0 Å². The highest BCUT2D eigenvalue weighted by atomic mass is 16.6. The number of ether oxygens (including phenoxy) is 1. The maximum Gasteiger partial charge on any atom is 0.410 e. The molecule has 0 aromatic heterocycles. The lowest BCUT2D eigenvalue weighted by Gasteiger charge is -2.38. The number of likely N-dealkylation sites (tertiary alicyclic amines) is 2. The van der Waals surface area contributed by atoms with Gasteiger partial charge in [0.2, 0.25) is 5.91 Å². The van der Waals surface area contributed by atoms with E-state index in [4.69, 9.17) is 4.74 Å². The molecule has 0 saturated carbocycles. The molecule has 124 valence electrons. The lowest BCUT2D eigenvalue weighted by atomic mass is 9.78. The van der Waals surface area contributed by atoms with Gasteiger partial charge in [-0.05, 0) is 31.7 Å². The van der Waals surface area contributed by atoms with E-state index in [-0.39, 0.29) is 24.0 Å². The van der Waals surface area contributed by atoms with Crippen molar-refractivity contribution in [3.05, 3.63) is 35.9 Å². The van der Waals surface area contributed by atoms with Gasteiger partial charge < -0.3 is 14.5 Å². The molecule has 0 bridgehead atoms. The first kappa shape index (κ1) is 15.8. The average molecular weight is 316 g/mol. The van der Waals surface area contributed by atoms with Gasteiger partial charge in [-0.1, -0.05) is 30.3 Å². The number of hydrogen-bond donors (Lipinski definition) is 0. The van der Waals surface area contributed by atoms with Crippen molar-refractivity contribution < 1.29 is 14.3 Å². The van der Waals surface area contributed by atoms with E-state index in [0.717, 1.165) is 37.9 Å². The summed E-state index contributed by atoms with van der Waals surface area (Å²) in [5, 5.41) is 0. The van der Waals surface area contributed by atoms with E-state index in [1.165, 1.54) is 0 Å². The Morgan fingerprint density at radius 3 is 2.74 bits per heavy atom. The SMILES string of the molecule is CCN1CCCC2(CCN(C(=O)OCc3ccccc3)C2)C1=O. The molecule has 23 heavy (non-hydrogen) atoms. The standard InChI is InChI=1S/C18H24N2O3/c1-2-19-11-6-9-18(16(19)21)10-12-20(14-18)17(22)23-13-15-7-4-3-5-8-15/h3-5,7-8H,2,6,9-14H2,1H3. The van der Waals surface area contributed by atoms with Crippen LogP contribution in [0.1, 0.15) is 31.7 Å². The Morgan fingerprint density at radius 1 is 1.22 bits per heavy atom. The van der Waals surface area contributed by atoms with Crippen LogP contribution in [0.3, 0.4) is 0 Å². The summed E-state index contributed by atoms with van der Waals surface area (Å²) in [6, 6.07) is 9.65. The Labute approximate surface area is 137 Å². The van der Waals surface area contributed by atoms with Gasteiger partial charge in [0, 0.05) is 26.2 Å². The van der Waals surface area contributed by atoms with Crippen molar-refractivity contribution in [1.82, 2.24) is 9.80 Å². The maximum absolute atomic E-state index is 12.7. The first-order chi connectivity index (χ1) is 11.1. The zero-order valence-corrected chi connectivity index (χ0v) is 13.7. The molecule has 5 heteroatoms. The van der Waals surface area contributed by atoms with Gasteiger partial charge in [-0.15, -0.1) is 0 Å². The number of nitrogens with zero attached hydrogens (tertiary/aromatic N) is 2. The van der Waals surface area contributed by atoms with Gasteiger partial charge in [0.15, 0.2) is 0 Å². The highest BCUT2D eigenvalue weighted by Crippen LogP contribution is 2.40. The summed E-state index contributed by atoms with van der Waals surface area (Å²) < 4.78 is 5.40. The normalized spacial score (nSPS) is 24.3. The minimum atomic E-state index is -0.375. The van der Waals surface area contributed by atoms with E-state index in [2.05, 4.69) is 0 Å². The number of amides is 2. The van der Waals surface area contributed by atoms with Gasteiger partial charge in [-0.25, -0.2) is 4.79 Å². The van der Waals surface area contributed by atoms with Gasteiger partial charge in [0.1, 0.15) is 6.61 Å². The van der Waals surface area contributed by atoms with Crippen molar-refractivity contribution >= 4 is 12.0 Å². The summed E-state index contributed by atoms with van der Waals surface area (Å²) in [7, 11) is 0. The fourth-order valence-electron chi connectivity index (χ4n) is 3.67. The molecular formula is C18H24N2O3. The predicted octanol–water partition coefficient (Wildman–Crippen LogP) is 2.66. The number of rotatable bonds is 3. The Kier molecular flexibility index (Phi) is 4.55. The van der Waals surface area contributed by atoms with E-state index in [1.807, 2.05) is 42.2 Å². The minimum absolute atomic E-state index is 0.213. The fraction of sp³-hybridized carbons (Fsp3) is 0.556. The lowest BCUT2D eigenvalue weighted by molar-refractivity contribution is -0.145. The largest absolute Gasteiger partial charge is 0.445 e. The van der Waals surface area contributed by atoms with Crippen molar-refractivity contribution in [1.29, 1.82) is 0 Å². The second-order valence-corrected chi connectivity index (χ2v) is 6.48. The molecule has 5 nitrogen and oxygen atoms in total. The van der Waals surface area contributed by atoms with Gasteiger partial charge in [0.05, 0.1) is 5.41 Å². The molecule has 1 spiro atoms. The summed E-state index contributed by atoms with van der Waals surface area (Å²) in [5.41, 5.74) is 0.598. The van der Waals surface area contributed by atoms with E-state index < -0.39 is 0 Å². The van der Waals surface area contributed by atoms with Crippen molar-refractivity contribution in [2.45, 2.75) is 32.8 Å². The van der Waals surface area contributed by atoms with Crippen LogP contribution in [0.2, 0.25) is 0 Å². The van der Waals surface area contributed by atoms with Gasteiger partial charge in [-0.3, -0.25) is 4.79 Å². The third-order valence-electron chi connectivity index (χ3n) is 5.02. The molecule has 1 atom stereocenters. The number of benzene rings is 1. The zero-order valence-electron chi connectivity index (χ0n) is 13.7. The Morgan fingerprint density at radius 2 is 2.00 bits per heavy atom. The highest BCUT2D eigenvalue weighted by molar-refractivity contribution is 5.85. The van der Waals surface area contributed by atoms with Crippen LogP contribution in [0.5, 0.6) is 0 Å². The van der Waals surface area contributed by atoms with Crippen LogP contribution in [-0.4, -0.2) is 48.0 Å². The third-order valence-corrected chi connectivity index (χ3v) is 5.02. The molecule has 0 radical (unpaired) electrons. The number of carbonyl (C=O) groups excluding carboxylic acids is 2. The molecule has 3 rings (SSSR count). The molecule has 1 aromatic rings. The van der Waals surface area contributed by atoms with Crippen LogP contribution in [0.15, 0.2) is 30.3 Å². The molecule has 2 fully saturated rings. The second-order valence-electron chi connectivity index (χ2n) is 6.48. The minimum Gasteiger partial charge on any atom is -0.445 e. The molecule has 1 aromatic carbocycles. The summed E-state index contributed by atoms with van der Waals surface area (Å²) in [5.74, 6) is 0.213. The van der Waals surface area contributed by atoms with Crippen molar-refractivity contribution in [3.63, 3.8) is 0 Å². The molecule has 1 unspecified atom stereocenters. The molecule has 2 aliphatic heterocycles. The van der Waals surface area contributed by atoms with Crippen LogP contribution < -0.4 is 0 Å². The van der Waals surface area contributed by atoms with Crippen molar-refractivity contribution in [2.24, 2.45) is 5.41 Å². The molecule has 2 saturated heterocycles. The van der Waals surface area contributed by atoms with Crippen molar-refractivity contribution in [2.75, 3.05) is 26.2 Å². The Bertz CT molecular complexity index is 575. The molecule has 2 aliphatic rings. The molecule has 2 amide bonds. The number of piperidine rings is 1. The quantitative estimate of drug-likeness (QED) is 0.861. The second kappa shape index (κ2) is 6.60. The monoisotopic (exact) mass is 316 g/mol. The smallest absolute Gasteiger partial charge is 0.410 e. The summed E-state index contributed by atoms with van der Waals surface area (Å²) in [4.78, 5) is 28.6. The summed E-state index contributed by atoms with van der Waals surface area (Å²) in [6.45, 7) is 4.98.